The van der Waals surface area contributed by atoms with Crippen molar-refractivity contribution >= 4 is 49.8 Å². The lowest BCUT2D eigenvalue weighted by Gasteiger charge is -2.18. The fourth-order valence-corrected chi connectivity index (χ4v) is 7.81. The number of aromatic nitrogens is 2. The van der Waals surface area contributed by atoms with Crippen molar-refractivity contribution in [1.82, 2.24) is 9.55 Å². The highest BCUT2D eigenvalue weighted by atomic mass is 32.1. The summed E-state index contributed by atoms with van der Waals surface area (Å²) in [5.41, 5.74) is 2.41. The lowest BCUT2D eigenvalue weighted by atomic mass is 9.88. The van der Waals surface area contributed by atoms with E-state index in [4.69, 9.17) is 4.74 Å². The third-order valence-corrected chi connectivity index (χ3v) is 9.17. The third-order valence-electron chi connectivity index (χ3n) is 6.84. The Bertz CT molecular complexity index is 1340. The molecular formula is C25H29N3O4S2. The Morgan fingerprint density at radius 3 is 2.50 bits per heavy atom. The molecule has 0 spiro atoms. The average molecular weight is 500 g/mol. The van der Waals surface area contributed by atoms with Gasteiger partial charge in [-0.05, 0) is 68.4 Å². The molecule has 1 N–H and O–H groups in total. The van der Waals surface area contributed by atoms with E-state index in [1.54, 1.807) is 18.3 Å². The number of ether oxygens (including phenoxy) is 1. The first kappa shape index (κ1) is 23.2. The van der Waals surface area contributed by atoms with Crippen molar-refractivity contribution < 1.29 is 14.3 Å². The number of anilines is 1. The van der Waals surface area contributed by atoms with Crippen LogP contribution in [-0.4, -0.2) is 28.0 Å². The van der Waals surface area contributed by atoms with E-state index in [-0.39, 0.29) is 24.6 Å². The molecule has 1 amide bonds. The maximum absolute atomic E-state index is 13.3. The number of hydrogen-bond donors (Lipinski definition) is 1. The van der Waals surface area contributed by atoms with Crippen LogP contribution < -0.4 is 10.9 Å². The van der Waals surface area contributed by atoms with Gasteiger partial charge in [-0.1, -0.05) is 13.8 Å². The first-order valence-corrected chi connectivity index (χ1v) is 13.6. The zero-order valence-corrected chi connectivity index (χ0v) is 21.4. The first-order valence-electron chi connectivity index (χ1n) is 12.0. The van der Waals surface area contributed by atoms with Gasteiger partial charge in [0.1, 0.15) is 16.4 Å². The van der Waals surface area contributed by atoms with Gasteiger partial charge in [0, 0.05) is 9.75 Å². The number of nitrogens with one attached hydrogen (secondary N) is 1. The molecule has 0 aliphatic heterocycles. The van der Waals surface area contributed by atoms with E-state index in [1.165, 1.54) is 27.1 Å². The molecule has 3 heterocycles. The van der Waals surface area contributed by atoms with Crippen molar-refractivity contribution in [3.63, 3.8) is 0 Å². The molecule has 9 heteroatoms. The number of nitrogens with zero attached hydrogens (tertiary/aromatic N) is 2. The van der Waals surface area contributed by atoms with Crippen LogP contribution in [0.15, 0.2) is 11.1 Å². The summed E-state index contributed by atoms with van der Waals surface area (Å²) >= 11 is 3.05. The average Bonchev–Trinajstić information content (AvgIpc) is 3.32. The van der Waals surface area contributed by atoms with Crippen LogP contribution in [-0.2, 0) is 41.8 Å². The van der Waals surface area contributed by atoms with Gasteiger partial charge in [0.2, 0.25) is 5.91 Å². The largest absolute Gasteiger partial charge is 0.462 e. The van der Waals surface area contributed by atoms with Gasteiger partial charge in [0.25, 0.3) is 5.56 Å². The van der Waals surface area contributed by atoms with E-state index in [0.29, 0.717) is 27.8 Å². The van der Waals surface area contributed by atoms with Crippen LogP contribution in [0.1, 0.15) is 64.9 Å². The monoisotopic (exact) mass is 499 g/mol. The van der Waals surface area contributed by atoms with Crippen molar-refractivity contribution in [2.75, 3.05) is 11.9 Å². The van der Waals surface area contributed by atoms with Crippen molar-refractivity contribution in [1.29, 1.82) is 0 Å². The number of aryl methyl sites for hydroxylation is 1. The molecule has 34 heavy (non-hydrogen) atoms. The zero-order valence-electron chi connectivity index (χ0n) is 19.7. The minimum Gasteiger partial charge on any atom is -0.462 e. The molecule has 0 saturated carbocycles. The molecule has 3 aromatic rings. The Labute approximate surface area is 206 Å². The number of rotatable bonds is 5. The SMILES string of the molecule is CCOC(=O)c1c(NC(=O)Cn2cnc3sc4c(c3c2=O)CC[C@@H](C)C4)sc2c1CC[C@@H](C)C2. The van der Waals surface area contributed by atoms with Crippen molar-refractivity contribution in [2.45, 2.75) is 65.8 Å². The minimum atomic E-state index is -0.399. The second-order valence-electron chi connectivity index (χ2n) is 9.53. The number of carbonyl (C=O) groups is 2. The number of amides is 1. The van der Waals surface area contributed by atoms with E-state index in [1.807, 2.05) is 0 Å². The molecule has 3 aromatic heterocycles. The van der Waals surface area contributed by atoms with Crippen LogP contribution >= 0.6 is 22.7 Å². The topological polar surface area (TPSA) is 90.3 Å². The maximum Gasteiger partial charge on any atom is 0.341 e. The number of esters is 1. The molecule has 0 radical (unpaired) electrons. The molecule has 2 aliphatic rings. The van der Waals surface area contributed by atoms with Crippen LogP contribution in [0.25, 0.3) is 10.2 Å². The predicted molar refractivity (Wildman–Crippen MR) is 135 cm³/mol. The Morgan fingerprint density at radius 2 is 1.79 bits per heavy atom. The fourth-order valence-electron chi connectivity index (χ4n) is 5.06. The second-order valence-corrected chi connectivity index (χ2v) is 11.7. The quantitative estimate of drug-likeness (QED) is 0.519. The summed E-state index contributed by atoms with van der Waals surface area (Å²) in [6.07, 6.45) is 7.09. The normalized spacial score (nSPS) is 19.5. The van der Waals surface area contributed by atoms with E-state index < -0.39 is 5.97 Å². The highest BCUT2D eigenvalue weighted by molar-refractivity contribution is 7.18. The highest BCUT2D eigenvalue weighted by Crippen LogP contribution is 2.40. The second kappa shape index (κ2) is 9.26. The van der Waals surface area contributed by atoms with Gasteiger partial charge in [-0.2, -0.15) is 0 Å². The van der Waals surface area contributed by atoms with Gasteiger partial charge in [-0.25, -0.2) is 9.78 Å². The molecular weight excluding hydrogens is 470 g/mol. The molecule has 0 fully saturated rings. The molecule has 2 aliphatic carbocycles. The van der Waals surface area contributed by atoms with E-state index >= 15 is 0 Å². The summed E-state index contributed by atoms with van der Waals surface area (Å²) < 4.78 is 6.67. The molecule has 0 saturated heterocycles. The predicted octanol–water partition coefficient (Wildman–Crippen LogP) is 4.58. The van der Waals surface area contributed by atoms with Gasteiger partial charge < -0.3 is 10.1 Å². The lowest BCUT2D eigenvalue weighted by Crippen LogP contribution is -2.28. The number of carbonyl (C=O) groups excluding carboxylic acids is 2. The first-order chi connectivity index (χ1) is 16.4. The van der Waals surface area contributed by atoms with E-state index in [9.17, 15) is 14.4 Å². The van der Waals surface area contributed by atoms with Crippen molar-refractivity contribution in [3.8, 4) is 0 Å². The fraction of sp³-hybridized carbons (Fsp3) is 0.520. The molecule has 0 aromatic carbocycles. The molecule has 2 atom stereocenters. The zero-order chi connectivity index (χ0) is 24.0. The Kier molecular flexibility index (Phi) is 6.33. The smallest absolute Gasteiger partial charge is 0.341 e. The summed E-state index contributed by atoms with van der Waals surface area (Å²) in [6.45, 7) is 6.33. The van der Waals surface area contributed by atoms with Crippen molar-refractivity contribution in [3.05, 3.63) is 43.1 Å². The number of hydrogen-bond acceptors (Lipinski definition) is 7. The van der Waals surface area contributed by atoms with Crippen LogP contribution in [0.3, 0.4) is 0 Å². The molecule has 0 bridgehead atoms. The van der Waals surface area contributed by atoms with Crippen LogP contribution in [0.4, 0.5) is 5.00 Å². The van der Waals surface area contributed by atoms with Gasteiger partial charge in [-0.15, -0.1) is 22.7 Å². The van der Waals surface area contributed by atoms with E-state index in [0.717, 1.165) is 59.4 Å². The molecule has 180 valence electrons. The van der Waals surface area contributed by atoms with Crippen molar-refractivity contribution in [2.24, 2.45) is 11.8 Å². The third kappa shape index (κ3) is 4.20. The maximum atomic E-state index is 13.3. The lowest BCUT2D eigenvalue weighted by molar-refractivity contribution is -0.116. The minimum absolute atomic E-state index is 0.149. The van der Waals surface area contributed by atoms with Crippen LogP contribution in [0, 0.1) is 11.8 Å². The summed E-state index contributed by atoms with van der Waals surface area (Å²) in [7, 11) is 0. The molecule has 7 nitrogen and oxygen atoms in total. The molecule has 0 unspecified atom stereocenters. The number of fused-ring (bicyclic) bond motifs is 4. The highest BCUT2D eigenvalue weighted by Gasteiger charge is 2.29. The van der Waals surface area contributed by atoms with Gasteiger partial charge >= 0.3 is 5.97 Å². The van der Waals surface area contributed by atoms with E-state index in [2.05, 4.69) is 24.1 Å². The summed E-state index contributed by atoms with van der Waals surface area (Å²) in [5.74, 6) is 0.407. The summed E-state index contributed by atoms with van der Waals surface area (Å²) in [6, 6.07) is 0. The standard InChI is InChI=1S/C25H29N3O4S2/c1-4-32-25(31)21-16-8-6-14(3)10-18(16)34-23(21)27-19(29)11-28-12-26-22-20(24(28)30)15-7-5-13(2)9-17(15)33-22/h12-14H,4-11H2,1-3H3,(H,27,29)/t13-,14-/m1/s1. The Hall–Kier alpha value is -2.52. The van der Waals surface area contributed by atoms with Gasteiger partial charge in [0.15, 0.2) is 0 Å². The summed E-state index contributed by atoms with van der Waals surface area (Å²) in [5, 5.41) is 4.08. The Balaban J connectivity index is 1.42. The van der Waals surface area contributed by atoms with Crippen LogP contribution in [0.2, 0.25) is 0 Å². The Morgan fingerprint density at radius 1 is 1.12 bits per heavy atom. The van der Waals surface area contributed by atoms with Gasteiger partial charge in [0.05, 0.1) is 23.9 Å². The summed E-state index contributed by atoms with van der Waals surface area (Å²) in [4.78, 5) is 46.6. The van der Waals surface area contributed by atoms with Gasteiger partial charge in [-0.3, -0.25) is 14.2 Å². The molecule has 5 rings (SSSR count). The number of thiophene rings is 2. The van der Waals surface area contributed by atoms with Crippen LogP contribution in [0.5, 0.6) is 0 Å².